The number of aromatic amines is 1. The lowest BCUT2D eigenvalue weighted by molar-refractivity contribution is 0.0512. The molecular weight excluding hydrogens is 248 g/mol. The Labute approximate surface area is 109 Å². The van der Waals surface area contributed by atoms with Gasteiger partial charge in [-0.25, -0.2) is 9.78 Å². The van der Waals surface area contributed by atoms with Gasteiger partial charge in [0.1, 0.15) is 5.52 Å². The fourth-order valence-corrected chi connectivity index (χ4v) is 1.95. The number of hydrogen-bond acceptors (Lipinski definition) is 5. The second-order valence-electron chi connectivity index (χ2n) is 4.15. The number of aromatic nitrogens is 4. The Morgan fingerprint density at radius 3 is 2.79 bits per heavy atom. The third-order valence-electron chi connectivity index (χ3n) is 2.72. The van der Waals surface area contributed by atoms with Gasteiger partial charge in [-0.15, -0.1) is 0 Å². The van der Waals surface area contributed by atoms with Crippen LogP contribution in [0.15, 0.2) is 4.79 Å². The highest BCUT2D eigenvalue weighted by molar-refractivity contribution is 5.88. The molecule has 0 aliphatic carbocycles. The normalized spacial score (nSPS) is 10.9. The second kappa shape index (κ2) is 5.21. The SMILES string of the molecule is CCCc1nn(C)c2c(=O)[nH]c(C(=O)OCC)nc12. The van der Waals surface area contributed by atoms with Crippen LogP contribution in [0.2, 0.25) is 0 Å². The summed E-state index contributed by atoms with van der Waals surface area (Å²) in [6.45, 7) is 3.94. The first kappa shape index (κ1) is 13.3. The highest BCUT2D eigenvalue weighted by Gasteiger charge is 2.18. The van der Waals surface area contributed by atoms with Crippen molar-refractivity contribution >= 4 is 17.0 Å². The predicted octanol–water partition coefficient (Wildman–Crippen LogP) is 0.786. The van der Waals surface area contributed by atoms with E-state index < -0.39 is 5.97 Å². The van der Waals surface area contributed by atoms with Gasteiger partial charge in [0.05, 0.1) is 12.3 Å². The molecule has 19 heavy (non-hydrogen) atoms. The number of hydrogen-bond donors (Lipinski definition) is 1. The quantitative estimate of drug-likeness (QED) is 0.824. The van der Waals surface area contributed by atoms with Gasteiger partial charge in [-0.2, -0.15) is 5.10 Å². The Morgan fingerprint density at radius 2 is 2.16 bits per heavy atom. The van der Waals surface area contributed by atoms with E-state index in [0.29, 0.717) is 17.5 Å². The van der Waals surface area contributed by atoms with Gasteiger partial charge in [0.2, 0.25) is 5.82 Å². The summed E-state index contributed by atoms with van der Waals surface area (Å²) < 4.78 is 6.33. The number of rotatable bonds is 4. The summed E-state index contributed by atoms with van der Waals surface area (Å²) in [7, 11) is 1.68. The molecule has 1 N–H and O–H groups in total. The molecule has 7 heteroatoms. The van der Waals surface area contributed by atoms with Gasteiger partial charge in [-0.05, 0) is 13.3 Å². The Hall–Kier alpha value is -2.18. The van der Waals surface area contributed by atoms with Crippen molar-refractivity contribution in [2.75, 3.05) is 6.61 Å². The maximum absolute atomic E-state index is 12.0. The molecule has 2 rings (SSSR count). The van der Waals surface area contributed by atoms with Crippen molar-refractivity contribution in [1.82, 2.24) is 19.7 Å². The van der Waals surface area contributed by atoms with Crippen LogP contribution in [0.25, 0.3) is 11.0 Å². The number of ether oxygens (including phenoxy) is 1. The number of carbonyl (C=O) groups is 1. The molecule has 0 amide bonds. The van der Waals surface area contributed by atoms with Crippen molar-refractivity contribution in [2.24, 2.45) is 7.05 Å². The molecule has 102 valence electrons. The van der Waals surface area contributed by atoms with E-state index in [9.17, 15) is 9.59 Å². The Balaban J connectivity index is 2.63. The number of esters is 1. The number of nitrogens with zero attached hydrogens (tertiary/aromatic N) is 3. The third-order valence-corrected chi connectivity index (χ3v) is 2.72. The third kappa shape index (κ3) is 2.35. The summed E-state index contributed by atoms with van der Waals surface area (Å²) in [6.07, 6.45) is 1.59. The van der Waals surface area contributed by atoms with E-state index in [2.05, 4.69) is 15.1 Å². The molecule has 0 unspecified atom stereocenters. The van der Waals surface area contributed by atoms with E-state index in [1.54, 1.807) is 14.0 Å². The van der Waals surface area contributed by atoms with Crippen LogP contribution in [0.1, 0.15) is 36.6 Å². The van der Waals surface area contributed by atoms with Crippen LogP contribution in [-0.4, -0.2) is 32.3 Å². The van der Waals surface area contributed by atoms with E-state index >= 15 is 0 Å². The topological polar surface area (TPSA) is 89.9 Å². The molecular formula is C12H16N4O3. The Kier molecular flexibility index (Phi) is 3.64. The maximum atomic E-state index is 12.0. The zero-order valence-electron chi connectivity index (χ0n) is 11.2. The lowest BCUT2D eigenvalue weighted by atomic mass is 10.2. The molecule has 0 aromatic carbocycles. The van der Waals surface area contributed by atoms with Crippen LogP contribution in [0.4, 0.5) is 0 Å². The van der Waals surface area contributed by atoms with Crippen molar-refractivity contribution in [2.45, 2.75) is 26.7 Å². The molecule has 0 aliphatic heterocycles. The second-order valence-corrected chi connectivity index (χ2v) is 4.15. The maximum Gasteiger partial charge on any atom is 0.374 e. The van der Waals surface area contributed by atoms with E-state index in [0.717, 1.165) is 12.1 Å². The molecule has 0 aliphatic rings. The van der Waals surface area contributed by atoms with Crippen LogP contribution in [0.3, 0.4) is 0 Å². The van der Waals surface area contributed by atoms with Crippen molar-refractivity contribution in [3.63, 3.8) is 0 Å². The average Bonchev–Trinajstić information content (AvgIpc) is 2.67. The van der Waals surface area contributed by atoms with Gasteiger partial charge in [-0.3, -0.25) is 14.5 Å². The van der Waals surface area contributed by atoms with E-state index in [4.69, 9.17) is 4.74 Å². The Bertz CT molecular complexity index is 671. The van der Waals surface area contributed by atoms with Gasteiger partial charge in [0.25, 0.3) is 5.56 Å². The summed E-state index contributed by atoms with van der Waals surface area (Å²) >= 11 is 0. The number of nitrogens with one attached hydrogen (secondary N) is 1. The van der Waals surface area contributed by atoms with Crippen LogP contribution in [0, 0.1) is 0 Å². The summed E-state index contributed by atoms with van der Waals surface area (Å²) in [5.74, 6) is -0.711. The van der Waals surface area contributed by atoms with Gasteiger partial charge in [0, 0.05) is 7.05 Å². The lowest BCUT2D eigenvalue weighted by Crippen LogP contribution is -2.19. The summed E-state index contributed by atoms with van der Waals surface area (Å²) in [5.41, 5.74) is 1.18. The van der Waals surface area contributed by atoms with Gasteiger partial charge < -0.3 is 4.74 Å². The zero-order valence-corrected chi connectivity index (χ0v) is 11.2. The molecule has 0 atom stereocenters. The molecule has 0 saturated carbocycles. The average molecular weight is 264 g/mol. The minimum atomic E-state index is -0.632. The monoisotopic (exact) mass is 264 g/mol. The van der Waals surface area contributed by atoms with Crippen molar-refractivity contribution < 1.29 is 9.53 Å². The first-order valence-electron chi connectivity index (χ1n) is 6.21. The fourth-order valence-electron chi connectivity index (χ4n) is 1.95. The minimum absolute atomic E-state index is 0.0790. The molecule has 7 nitrogen and oxygen atoms in total. The molecule has 0 spiro atoms. The highest BCUT2D eigenvalue weighted by atomic mass is 16.5. The number of H-pyrrole nitrogens is 1. The van der Waals surface area contributed by atoms with Crippen molar-refractivity contribution in [3.05, 3.63) is 21.9 Å². The van der Waals surface area contributed by atoms with Crippen LogP contribution >= 0.6 is 0 Å². The molecule has 0 bridgehead atoms. The van der Waals surface area contributed by atoms with Gasteiger partial charge >= 0.3 is 5.97 Å². The van der Waals surface area contributed by atoms with Crippen LogP contribution in [0.5, 0.6) is 0 Å². The smallest absolute Gasteiger partial charge is 0.374 e. The van der Waals surface area contributed by atoms with Crippen molar-refractivity contribution in [3.8, 4) is 0 Å². The van der Waals surface area contributed by atoms with E-state index in [-0.39, 0.29) is 18.0 Å². The first-order chi connectivity index (χ1) is 9.08. The van der Waals surface area contributed by atoms with Crippen LogP contribution < -0.4 is 5.56 Å². The molecule has 0 fully saturated rings. The van der Waals surface area contributed by atoms with E-state index in [1.807, 2.05) is 6.92 Å². The summed E-state index contributed by atoms with van der Waals surface area (Å²) in [6, 6.07) is 0. The molecule has 2 aromatic heterocycles. The van der Waals surface area contributed by atoms with Gasteiger partial charge in [0.15, 0.2) is 5.52 Å². The highest BCUT2D eigenvalue weighted by Crippen LogP contribution is 2.13. The number of aryl methyl sites for hydroxylation is 2. The van der Waals surface area contributed by atoms with Crippen molar-refractivity contribution in [1.29, 1.82) is 0 Å². The van der Waals surface area contributed by atoms with Gasteiger partial charge in [-0.1, -0.05) is 13.3 Å². The minimum Gasteiger partial charge on any atom is -0.460 e. The largest absolute Gasteiger partial charge is 0.460 e. The molecule has 2 heterocycles. The first-order valence-corrected chi connectivity index (χ1v) is 6.21. The molecule has 0 saturated heterocycles. The fraction of sp³-hybridized carbons (Fsp3) is 0.500. The molecule has 2 aromatic rings. The zero-order chi connectivity index (χ0) is 14.0. The standard InChI is InChI=1S/C12H16N4O3/c1-4-6-7-8-9(16(3)15-7)11(17)14-10(13-8)12(18)19-5-2/h4-6H2,1-3H3,(H,13,14,17). The number of fused-ring (bicyclic) bond motifs is 1. The van der Waals surface area contributed by atoms with Crippen LogP contribution in [-0.2, 0) is 18.2 Å². The van der Waals surface area contributed by atoms with E-state index in [1.165, 1.54) is 4.68 Å². The Morgan fingerprint density at radius 1 is 1.42 bits per heavy atom. The summed E-state index contributed by atoms with van der Waals surface area (Å²) in [5, 5.41) is 4.27. The number of carbonyl (C=O) groups excluding carboxylic acids is 1. The molecule has 0 radical (unpaired) electrons. The summed E-state index contributed by atoms with van der Waals surface area (Å²) in [4.78, 5) is 30.2. The predicted molar refractivity (Wildman–Crippen MR) is 69.1 cm³/mol. The lowest BCUT2D eigenvalue weighted by Gasteiger charge is -2.01.